The average Bonchev–Trinajstić information content (AvgIpc) is 2.28. The number of benzene rings is 1. The molecule has 2 N–H and O–H groups in total. The van der Waals surface area contributed by atoms with Crippen molar-refractivity contribution in [2.24, 2.45) is 5.92 Å². The summed E-state index contributed by atoms with van der Waals surface area (Å²) in [5, 5.41) is 12.4. The van der Waals surface area contributed by atoms with Gasteiger partial charge in [0.2, 0.25) is 0 Å². The number of hydrogen-bond acceptors (Lipinski definition) is 3. The molecule has 5 nitrogen and oxygen atoms in total. The number of carboxylic acids is 1. The molecule has 1 aromatic rings. The van der Waals surface area contributed by atoms with Gasteiger partial charge in [0.1, 0.15) is 5.60 Å². The topological polar surface area (TPSA) is 75.6 Å². The summed E-state index contributed by atoms with van der Waals surface area (Å²) in [4.78, 5) is 23.4. The molecule has 0 saturated heterocycles. The van der Waals surface area contributed by atoms with E-state index in [1.165, 1.54) is 6.07 Å². The molecular formula is C16H22ClNO4. The first-order valence-electron chi connectivity index (χ1n) is 7.03. The van der Waals surface area contributed by atoms with Gasteiger partial charge in [-0.3, -0.25) is 10.1 Å². The monoisotopic (exact) mass is 327 g/mol. The molecular weight excluding hydrogens is 306 g/mol. The number of halogens is 1. The summed E-state index contributed by atoms with van der Waals surface area (Å²) in [5.41, 5.74) is 0.202. The Bertz CT molecular complexity index is 564. The third-order valence-electron chi connectivity index (χ3n) is 2.92. The lowest BCUT2D eigenvalue weighted by atomic mass is 9.87. The van der Waals surface area contributed by atoms with Gasteiger partial charge in [-0.15, -0.1) is 0 Å². The van der Waals surface area contributed by atoms with E-state index >= 15 is 0 Å². The fraction of sp³-hybridized carbons (Fsp3) is 0.500. The van der Waals surface area contributed by atoms with Gasteiger partial charge in [0.25, 0.3) is 0 Å². The van der Waals surface area contributed by atoms with Crippen LogP contribution in [0.3, 0.4) is 0 Å². The lowest BCUT2D eigenvalue weighted by Gasteiger charge is -2.23. The van der Waals surface area contributed by atoms with Gasteiger partial charge in [-0.05, 0) is 44.4 Å². The normalized spacial score (nSPS) is 12.9. The SMILES string of the molecule is CC(C)C(C(=O)O)c1ccc(Cl)cc1NC(=O)OC(C)(C)C. The summed E-state index contributed by atoms with van der Waals surface area (Å²) in [6, 6.07) is 4.75. The van der Waals surface area contributed by atoms with Crippen molar-refractivity contribution in [1.82, 2.24) is 0 Å². The van der Waals surface area contributed by atoms with Gasteiger partial charge in [-0.1, -0.05) is 31.5 Å². The summed E-state index contributed by atoms with van der Waals surface area (Å²) in [7, 11) is 0. The smallest absolute Gasteiger partial charge is 0.412 e. The van der Waals surface area contributed by atoms with Crippen LogP contribution in [0.15, 0.2) is 18.2 Å². The molecule has 0 aromatic heterocycles. The van der Waals surface area contributed by atoms with Crippen molar-refractivity contribution in [3.63, 3.8) is 0 Å². The van der Waals surface area contributed by atoms with Crippen molar-refractivity contribution in [3.8, 4) is 0 Å². The van der Waals surface area contributed by atoms with Crippen molar-refractivity contribution in [1.29, 1.82) is 0 Å². The zero-order valence-corrected chi connectivity index (χ0v) is 14.2. The first-order valence-corrected chi connectivity index (χ1v) is 7.41. The van der Waals surface area contributed by atoms with Crippen LogP contribution in [-0.2, 0) is 9.53 Å². The second kappa shape index (κ2) is 7.01. The lowest BCUT2D eigenvalue weighted by Crippen LogP contribution is -2.28. The maximum absolute atomic E-state index is 11.9. The van der Waals surface area contributed by atoms with E-state index in [9.17, 15) is 14.7 Å². The summed E-state index contributed by atoms with van der Waals surface area (Å²) in [5.74, 6) is -1.84. The first kappa shape index (κ1) is 18.3. The van der Waals surface area contributed by atoms with E-state index in [0.29, 0.717) is 16.3 Å². The van der Waals surface area contributed by atoms with Gasteiger partial charge < -0.3 is 9.84 Å². The van der Waals surface area contributed by atoms with Crippen LogP contribution in [0, 0.1) is 5.92 Å². The Kier molecular flexibility index (Phi) is 5.83. The van der Waals surface area contributed by atoms with Gasteiger partial charge in [-0.25, -0.2) is 4.79 Å². The van der Waals surface area contributed by atoms with Crippen LogP contribution < -0.4 is 5.32 Å². The van der Waals surface area contributed by atoms with Gasteiger partial charge in [0.15, 0.2) is 0 Å². The summed E-state index contributed by atoms with van der Waals surface area (Å²) in [6.07, 6.45) is -0.649. The number of carbonyl (C=O) groups excluding carboxylic acids is 1. The standard InChI is InChI=1S/C16H22ClNO4/c1-9(2)13(14(19)20)11-7-6-10(17)8-12(11)18-15(21)22-16(3,4)5/h6-9,13H,1-5H3,(H,18,21)(H,19,20). The largest absolute Gasteiger partial charge is 0.481 e. The molecule has 0 aliphatic carbocycles. The molecule has 22 heavy (non-hydrogen) atoms. The van der Waals surface area contributed by atoms with E-state index in [1.807, 2.05) is 13.8 Å². The zero-order chi connectivity index (χ0) is 17.1. The second-order valence-electron chi connectivity index (χ2n) is 6.42. The maximum atomic E-state index is 11.9. The van der Waals surface area contributed by atoms with Crippen LogP contribution in [-0.4, -0.2) is 22.8 Å². The van der Waals surface area contributed by atoms with Crippen LogP contribution in [0.5, 0.6) is 0 Å². The van der Waals surface area contributed by atoms with E-state index in [-0.39, 0.29) is 5.92 Å². The highest BCUT2D eigenvalue weighted by Gasteiger charge is 2.27. The fourth-order valence-electron chi connectivity index (χ4n) is 2.10. The molecule has 0 aliphatic heterocycles. The Balaban J connectivity index is 3.15. The minimum absolute atomic E-state index is 0.141. The Labute approximate surface area is 135 Å². The fourth-order valence-corrected chi connectivity index (χ4v) is 2.27. The van der Waals surface area contributed by atoms with E-state index in [2.05, 4.69) is 5.32 Å². The van der Waals surface area contributed by atoms with Crippen LogP contribution in [0.4, 0.5) is 10.5 Å². The molecule has 1 unspecified atom stereocenters. The molecule has 1 rings (SSSR count). The third kappa shape index (κ3) is 5.22. The van der Waals surface area contributed by atoms with E-state index in [4.69, 9.17) is 16.3 Å². The van der Waals surface area contributed by atoms with E-state index in [0.717, 1.165) is 0 Å². The van der Waals surface area contributed by atoms with Crippen LogP contribution in [0.1, 0.15) is 46.1 Å². The minimum Gasteiger partial charge on any atom is -0.481 e. The minimum atomic E-state index is -0.954. The molecule has 0 heterocycles. The number of hydrogen-bond donors (Lipinski definition) is 2. The highest BCUT2D eigenvalue weighted by Crippen LogP contribution is 2.33. The number of aliphatic carboxylic acids is 1. The molecule has 1 atom stereocenters. The molecule has 1 amide bonds. The molecule has 0 saturated carbocycles. The first-order chi connectivity index (χ1) is 10.0. The predicted molar refractivity (Wildman–Crippen MR) is 86.5 cm³/mol. The van der Waals surface area contributed by atoms with Crippen molar-refractivity contribution in [3.05, 3.63) is 28.8 Å². The summed E-state index contributed by atoms with van der Waals surface area (Å²) in [6.45, 7) is 8.87. The number of rotatable bonds is 4. The van der Waals surface area contributed by atoms with Gasteiger partial charge >= 0.3 is 12.1 Å². The Morgan fingerprint density at radius 3 is 2.32 bits per heavy atom. The average molecular weight is 328 g/mol. The van der Waals surface area contributed by atoms with Gasteiger partial charge in [-0.2, -0.15) is 0 Å². The number of nitrogens with one attached hydrogen (secondary N) is 1. The van der Waals surface area contributed by atoms with Crippen molar-refractivity contribution in [2.45, 2.75) is 46.1 Å². The van der Waals surface area contributed by atoms with E-state index in [1.54, 1.807) is 32.9 Å². The Morgan fingerprint density at radius 1 is 1.27 bits per heavy atom. The number of ether oxygens (including phenoxy) is 1. The number of carbonyl (C=O) groups is 2. The number of anilines is 1. The van der Waals surface area contributed by atoms with Crippen LogP contribution in [0.25, 0.3) is 0 Å². The predicted octanol–water partition coefficient (Wildman–Crippen LogP) is 4.51. The highest BCUT2D eigenvalue weighted by molar-refractivity contribution is 6.31. The molecule has 122 valence electrons. The van der Waals surface area contributed by atoms with E-state index < -0.39 is 23.6 Å². The quantitative estimate of drug-likeness (QED) is 0.853. The summed E-state index contributed by atoms with van der Waals surface area (Å²) < 4.78 is 5.20. The van der Waals surface area contributed by atoms with Crippen molar-refractivity contribution < 1.29 is 19.4 Å². The molecule has 0 aliphatic rings. The summed E-state index contributed by atoms with van der Waals surface area (Å²) >= 11 is 5.96. The molecule has 0 spiro atoms. The Morgan fingerprint density at radius 2 is 1.86 bits per heavy atom. The van der Waals surface area contributed by atoms with Crippen LogP contribution in [0.2, 0.25) is 5.02 Å². The molecule has 6 heteroatoms. The number of carboxylic acid groups (broad SMARTS) is 1. The molecule has 0 bridgehead atoms. The molecule has 1 aromatic carbocycles. The number of amides is 1. The Hall–Kier alpha value is -1.75. The maximum Gasteiger partial charge on any atom is 0.412 e. The van der Waals surface area contributed by atoms with Gasteiger partial charge in [0.05, 0.1) is 5.92 Å². The lowest BCUT2D eigenvalue weighted by molar-refractivity contribution is -0.139. The van der Waals surface area contributed by atoms with Gasteiger partial charge in [0, 0.05) is 10.7 Å². The molecule has 0 radical (unpaired) electrons. The van der Waals surface area contributed by atoms with Crippen molar-refractivity contribution >= 4 is 29.4 Å². The zero-order valence-electron chi connectivity index (χ0n) is 13.4. The molecule has 0 fully saturated rings. The second-order valence-corrected chi connectivity index (χ2v) is 6.85. The van der Waals surface area contributed by atoms with Crippen LogP contribution >= 0.6 is 11.6 Å². The van der Waals surface area contributed by atoms with Crippen molar-refractivity contribution in [2.75, 3.05) is 5.32 Å². The third-order valence-corrected chi connectivity index (χ3v) is 3.15. The highest BCUT2D eigenvalue weighted by atomic mass is 35.5.